The first-order valence-electron chi connectivity index (χ1n) is 7.67. The monoisotopic (exact) mass is 340 g/mol. The molecular formula is C19H17ClN2O2. The third-order valence-electron chi connectivity index (χ3n) is 3.95. The molecular weight excluding hydrogens is 324 g/mol. The predicted octanol–water partition coefficient (Wildman–Crippen LogP) is 3.53. The topological polar surface area (TPSA) is 51.1 Å². The molecule has 1 heterocycles. The fraction of sp³-hybridized carbons (Fsp3) is 0.158. The van der Waals surface area contributed by atoms with Crippen LogP contribution >= 0.6 is 11.6 Å². The van der Waals surface area contributed by atoms with E-state index in [0.717, 1.165) is 11.1 Å². The van der Waals surface area contributed by atoms with Gasteiger partial charge in [-0.25, -0.2) is 0 Å². The van der Waals surface area contributed by atoms with Crippen LogP contribution in [0.25, 0.3) is 10.9 Å². The average molecular weight is 341 g/mol. The molecule has 0 spiro atoms. The van der Waals surface area contributed by atoms with Crippen molar-refractivity contribution in [3.8, 4) is 0 Å². The molecule has 0 unspecified atom stereocenters. The van der Waals surface area contributed by atoms with Crippen molar-refractivity contribution in [3.63, 3.8) is 0 Å². The molecule has 4 nitrogen and oxygen atoms in total. The molecule has 0 aliphatic rings. The number of hydrogen-bond donors (Lipinski definition) is 1. The van der Waals surface area contributed by atoms with Gasteiger partial charge >= 0.3 is 0 Å². The van der Waals surface area contributed by atoms with Crippen LogP contribution in [-0.4, -0.2) is 10.5 Å². The molecule has 24 heavy (non-hydrogen) atoms. The van der Waals surface area contributed by atoms with E-state index in [0.29, 0.717) is 10.4 Å². The highest BCUT2D eigenvalue weighted by molar-refractivity contribution is 6.30. The Kier molecular flexibility index (Phi) is 4.67. The number of fused-ring (bicyclic) bond motifs is 1. The first-order chi connectivity index (χ1) is 11.5. The predicted molar refractivity (Wildman–Crippen MR) is 96.2 cm³/mol. The smallest absolute Gasteiger partial charge is 0.240 e. The molecule has 1 N–H and O–H groups in total. The molecule has 0 aliphatic heterocycles. The van der Waals surface area contributed by atoms with Gasteiger partial charge in [-0.05, 0) is 36.8 Å². The minimum absolute atomic E-state index is 0.0446. The van der Waals surface area contributed by atoms with Gasteiger partial charge in [0.1, 0.15) is 6.54 Å². The zero-order valence-electron chi connectivity index (χ0n) is 13.2. The third-order valence-corrected chi connectivity index (χ3v) is 4.20. The van der Waals surface area contributed by atoms with E-state index in [1.807, 2.05) is 37.3 Å². The number of para-hydroxylation sites is 1. The summed E-state index contributed by atoms with van der Waals surface area (Å²) in [5.41, 5.74) is 1.69. The summed E-state index contributed by atoms with van der Waals surface area (Å²) in [5.74, 6) is -0.119. The van der Waals surface area contributed by atoms with E-state index < -0.39 is 0 Å². The van der Waals surface area contributed by atoms with Crippen molar-refractivity contribution >= 4 is 28.4 Å². The molecule has 3 rings (SSSR count). The summed E-state index contributed by atoms with van der Waals surface area (Å²) < 4.78 is 1.78. The lowest BCUT2D eigenvalue weighted by Crippen LogP contribution is -2.30. The minimum atomic E-state index is -0.125. The molecule has 5 heteroatoms. The number of benzene rings is 2. The molecule has 122 valence electrons. The molecule has 1 aromatic heterocycles. The number of halogens is 1. The second-order valence-electron chi connectivity index (χ2n) is 5.67. The van der Waals surface area contributed by atoms with Gasteiger partial charge in [0, 0.05) is 22.7 Å². The highest BCUT2D eigenvalue weighted by Crippen LogP contribution is 2.16. The van der Waals surface area contributed by atoms with Crippen LogP contribution in [0.1, 0.15) is 18.5 Å². The lowest BCUT2D eigenvalue weighted by Gasteiger charge is -2.16. The van der Waals surface area contributed by atoms with Gasteiger partial charge < -0.3 is 9.88 Å². The number of aromatic nitrogens is 1. The van der Waals surface area contributed by atoms with Crippen LogP contribution in [0.5, 0.6) is 0 Å². The first-order valence-corrected chi connectivity index (χ1v) is 8.05. The number of amides is 1. The minimum Gasteiger partial charge on any atom is -0.348 e. The van der Waals surface area contributed by atoms with Gasteiger partial charge in [-0.1, -0.05) is 35.9 Å². The zero-order valence-corrected chi connectivity index (χ0v) is 14.0. The average Bonchev–Trinajstić information content (AvgIpc) is 2.58. The molecule has 1 atom stereocenters. The van der Waals surface area contributed by atoms with Crippen LogP contribution in [0.3, 0.4) is 0 Å². The second kappa shape index (κ2) is 6.89. The molecule has 0 saturated carbocycles. The Hall–Kier alpha value is -2.59. The van der Waals surface area contributed by atoms with Gasteiger partial charge in [0.25, 0.3) is 0 Å². The first kappa shape index (κ1) is 16.3. The quantitative estimate of drug-likeness (QED) is 0.790. The SMILES string of the molecule is C[C@H](NC(=O)Cn1ccc(=O)c2ccccc21)c1ccc(Cl)cc1. The van der Waals surface area contributed by atoms with Crippen molar-refractivity contribution in [2.75, 3.05) is 0 Å². The Balaban J connectivity index is 1.77. The van der Waals surface area contributed by atoms with E-state index in [-0.39, 0.29) is 23.9 Å². The Morgan fingerprint density at radius 1 is 1.12 bits per heavy atom. The maximum absolute atomic E-state index is 12.4. The van der Waals surface area contributed by atoms with Crippen LogP contribution in [0.4, 0.5) is 0 Å². The van der Waals surface area contributed by atoms with Crippen LogP contribution in [0.15, 0.2) is 65.6 Å². The zero-order chi connectivity index (χ0) is 17.1. The third kappa shape index (κ3) is 3.49. The number of rotatable bonds is 4. The van der Waals surface area contributed by atoms with Crippen LogP contribution in [0, 0.1) is 0 Å². The van der Waals surface area contributed by atoms with Gasteiger partial charge in [-0.2, -0.15) is 0 Å². The van der Waals surface area contributed by atoms with Gasteiger partial charge in [0.05, 0.1) is 11.6 Å². The number of hydrogen-bond acceptors (Lipinski definition) is 2. The van der Waals surface area contributed by atoms with Crippen molar-refractivity contribution in [2.45, 2.75) is 19.5 Å². The lowest BCUT2D eigenvalue weighted by atomic mass is 10.1. The summed E-state index contributed by atoms with van der Waals surface area (Å²) in [6.07, 6.45) is 1.65. The fourth-order valence-electron chi connectivity index (χ4n) is 2.67. The summed E-state index contributed by atoms with van der Waals surface area (Å²) >= 11 is 5.88. The molecule has 0 aliphatic carbocycles. The fourth-order valence-corrected chi connectivity index (χ4v) is 2.80. The normalized spacial score (nSPS) is 12.1. The number of carbonyl (C=O) groups is 1. The van der Waals surface area contributed by atoms with Crippen molar-refractivity contribution in [2.24, 2.45) is 0 Å². The molecule has 3 aromatic rings. The van der Waals surface area contributed by atoms with Crippen molar-refractivity contribution in [3.05, 3.63) is 81.6 Å². The highest BCUT2D eigenvalue weighted by atomic mass is 35.5. The molecule has 0 radical (unpaired) electrons. The Bertz CT molecular complexity index is 932. The molecule has 0 fully saturated rings. The summed E-state index contributed by atoms with van der Waals surface area (Å²) in [5, 5.41) is 4.24. The molecule has 0 bridgehead atoms. The number of nitrogens with zero attached hydrogens (tertiary/aromatic N) is 1. The maximum atomic E-state index is 12.4. The van der Waals surface area contributed by atoms with Crippen LogP contribution < -0.4 is 10.7 Å². The highest BCUT2D eigenvalue weighted by Gasteiger charge is 2.11. The summed E-state index contributed by atoms with van der Waals surface area (Å²) in [4.78, 5) is 24.2. The Labute approximate surface area is 144 Å². The van der Waals surface area contributed by atoms with E-state index in [9.17, 15) is 9.59 Å². The van der Waals surface area contributed by atoms with E-state index in [1.165, 1.54) is 6.07 Å². The largest absolute Gasteiger partial charge is 0.348 e. The molecule has 2 aromatic carbocycles. The van der Waals surface area contributed by atoms with E-state index in [1.54, 1.807) is 29.0 Å². The van der Waals surface area contributed by atoms with Gasteiger partial charge in [-0.15, -0.1) is 0 Å². The van der Waals surface area contributed by atoms with E-state index in [2.05, 4.69) is 5.32 Å². The molecule has 0 saturated heterocycles. The van der Waals surface area contributed by atoms with Crippen molar-refractivity contribution in [1.82, 2.24) is 9.88 Å². The van der Waals surface area contributed by atoms with Crippen LogP contribution in [0.2, 0.25) is 5.02 Å². The number of pyridine rings is 1. The van der Waals surface area contributed by atoms with Gasteiger partial charge in [-0.3, -0.25) is 9.59 Å². The summed E-state index contributed by atoms with van der Waals surface area (Å²) in [7, 11) is 0. The van der Waals surface area contributed by atoms with Gasteiger partial charge in [0.15, 0.2) is 5.43 Å². The van der Waals surface area contributed by atoms with Gasteiger partial charge in [0.2, 0.25) is 5.91 Å². The standard InChI is InChI=1S/C19H17ClN2O2/c1-13(14-6-8-15(20)9-7-14)21-19(24)12-22-11-10-18(23)16-4-2-3-5-17(16)22/h2-11,13H,12H2,1H3,(H,21,24)/t13-/m0/s1. The summed E-state index contributed by atoms with van der Waals surface area (Å²) in [6, 6.07) is 16.0. The second-order valence-corrected chi connectivity index (χ2v) is 6.10. The van der Waals surface area contributed by atoms with Crippen molar-refractivity contribution in [1.29, 1.82) is 0 Å². The Morgan fingerprint density at radius 3 is 2.58 bits per heavy atom. The number of carbonyl (C=O) groups excluding carboxylic acids is 1. The van der Waals surface area contributed by atoms with Crippen LogP contribution in [-0.2, 0) is 11.3 Å². The number of nitrogens with one attached hydrogen (secondary N) is 1. The van der Waals surface area contributed by atoms with E-state index >= 15 is 0 Å². The molecule has 1 amide bonds. The van der Waals surface area contributed by atoms with Crippen molar-refractivity contribution < 1.29 is 4.79 Å². The lowest BCUT2D eigenvalue weighted by molar-refractivity contribution is -0.122. The summed E-state index contributed by atoms with van der Waals surface area (Å²) in [6.45, 7) is 2.07. The van der Waals surface area contributed by atoms with E-state index in [4.69, 9.17) is 11.6 Å². The Morgan fingerprint density at radius 2 is 1.83 bits per heavy atom. The maximum Gasteiger partial charge on any atom is 0.240 e.